The zero-order valence-electron chi connectivity index (χ0n) is 14.2. The molecule has 1 aromatic carbocycles. The normalized spacial score (nSPS) is 9.96. The molecule has 0 saturated carbocycles. The van der Waals surface area contributed by atoms with E-state index in [2.05, 4.69) is 10.3 Å². The highest BCUT2D eigenvalue weighted by Gasteiger charge is 2.19. The van der Waals surface area contributed by atoms with E-state index in [1.807, 2.05) is 0 Å². The molecule has 1 amide bonds. The second-order valence-corrected chi connectivity index (χ2v) is 5.87. The molecular weight excluding hydrogens is 384 g/mol. The Kier molecular flexibility index (Phi) is 8.23. The van der Waals surface area contributed by atoms with Crippen molar-refractivity contribution in [3.63, 3.8) is 0 Å². The Labute approximate surface area is 160 Å². The molecule has 1 heterocycles. The van der Waals surface area contributed by atoms with Crippen molar-refractivity contribution in [2.75, 3.05) is 20.8 Å². The van der Waals surface area contributed by atoms with Crippen LogP contribution in [0.15, 0.2) is 17.5 Å². The van der Waals surface area contributed by atoms with E-state index in [-0.39, 0.29) is 55.0 Å². The van der Waals surface area contributed by atoms with Gasteiger partial charge in [-0.3, -0.25) is 14.9 Å². The molecular formula is C15H19ClN4O5S. The largest absolute Gasteiger partial charge is 0.493 e. The van der Waals surface area contributed by atoms with E-state index in [0.29, 0.717) is 16.3 Å². The predicted octanol–water partition coefficient (Wildman–Crippen LogP) is 1.92. The van der Waals surface area contributed by atoms with Crippen LogP contribution in [0.1, 0.15) is 21.1 Å². The van der Waals surface area contributed by atoms with Crippen LogP contribution in [0.5, 0.6) is 11.5 Å². The number of rotatable bonds is 8. The lowest BCUT2D eigenvalue weighted by Gasteiger charge is -2.11. The van der Waals surface area contributed by atoms with Crippen molar-refractivity contribution in [1.29, 1.82) is 0 Å². The number of carbonyl (C=O) groups excluding carboxylic acids is 1. The molecule has 0 saturated heterocycles. The van der Waals surface area contributed by atoms with Crippen LogP contribution >= 0.6 is 23.7 Å². The first-order valence-electron chi connectivity index (χ1n) is 7.32. The first-order valence-corrected chi connectivity index (χ1v) is 8.20. The lowest BCUT2D eigenvalue weighted by atomic mass is 10.1. The molecule has 0 spiro atoms. The highest BCUT2D eigenvalue weighted by atomic mass is 35.5. The fraction of sp³-hybridized carbons (Fsp3) is 0.333. The molecule has 1 aromatic heterocycles. The first-order chi connectivity index (χ1) is 12.0. The summed E-state index contributed by atoms with van der Waals surface area (Å²) in [5, 5.41) is 16.2. The van der Waals surface area contributed by atoms with Crippen molar-refractivity contribution >= 4 is 35.3 Å². The van der Waals surface area contributed by atoms with Crippen LogP contribution in [-0.2, 0) is 13.0 Å². The number of hydrogen-bond acceptors (Lipinski definition) is 8. The van der Waals surface area contributed by atoms with Crippen LogP contribution < -0.4 is 20.5 Å². The maximum atomic E-state index is 12.0. The van der Waals surface area contributed by atoms with Gasteiger partial charge in [0, 0.05) is 24.0 Å². The van der Waals surface area contributed by atoms with Crippen molar-refractivity contribution in [1.82, 2.24) is 10.3 Å². The lowest BCUT2D eigenvalue weighted by molar-refractivity contribution is -0.385. The maximum absolute atomic E-state index is 12.0. The second-order valence-electron chi connectivity index (χ2n) is 4.93. The number of benzene rings is 1. The molecule has 3 N–H and O–H groups in total. The smallest absolute Gasteiger partial charge is 0.276 e. The van der Waals surface area contributed by atoms with Crippen LogP contribution in [0.3, 0.4) is 0 Å². The van der Waals surface area contributed by atoms with Gasteiger partial charge in [-0.2, -0.15) is 0 Å². The van der Waals surface area contributed by atoms with Crippen LogP contribution in [0.2, 0.25) is 0 Å². The number of ether oxygens (including phenoxy) is 2. The summed E-state index contributed by atoms with van der Waals surface area (Å²) in [5.74, 6) is 0.319. The van der Waals surface area contributed by atoms with Crippen LogP contribution in [0.4, 0.5) is 5.69 Å². The minimum absolute atomic E-state index is 0. The molecule has 0 aliphatic rings. The molecule has 0 aliphatic heterocycles. The van der Waals surface area contributed by atoms with E-state index in [1.165, 1.54) is 31.6 Å². The van der Waals surface area contributed by atoms with Crippen molar-refractivity contribution in [3.05, 3.63) is 43.9 Å². The number of amides is 1. The Morgan fingerprint density at radius 2 is 2.00 bits per heavy atom. The van der Waals surface area contributed by atoms with Crippen molar-refractivity contribution in [2.24, 2.45) is 5.73 Å². The fourth-order valence-electron chi connectivity index (χ4n) is 2.19. The molecule has 0 bridgehead atoms. The number of nitrogens with zero attached hydrogens (tertiary/aromatic N) is 2. The minimum Gasteiger partial charge on any atom is -0.493 e. The molecule has 0 atom stereocenters. The Bertz CT molecular complexity index is 783. The van der Waals surface area contributed by atoms with Gasteiger partial charge >= 0.3 is 0 Å². The molecule has 0 aliphatic carbocycles. The SMILES string of the molecule is COc1cc(CCNC(=O)c2csc(CN)n2)c([N+](=O)[O-])cc1OC.Cl. The van der Waals surface area contributed by atoms with E-state index in [9.17, 15) is 14.9 Å². The highest BCUT2D eigenvalue weighted by Crippen LogP contribution is 2.34. The summed E-state index contributed by atoms with van der Waals surface area (Å²) < 4.78 is 10.2. The highest BCUT2D eigenvalue weighted by molar-refractivity contribution is 7.09. The number of hydrogen-bond donors (Lipinski definition) is 2. The second kappa shape index (κ2) is 9.90. The number of nitro groups is 1. The van der Waals surface area contributed by atoms with Gasteiger partial charge in [-0.1, -0.05) is 0 Å². The molecule has 0 unspecified atom stereocenters. The van der Waals surface area contributed by atoms with Crippen molar-refractivity contribution in [2.45, 2.75) is 13.0 Å². The number of halogens is 1. The average Bonchev–Trinajstić information content (AvgIpc) is 3.10. The van der Waals surface area contributed by atoms with Crippen LogP contribution in [-0.4, -0.2) is 36.6 Å². The van der Waals surface area contributed by atoms with E-state index in [4.69, 9.17) is 15.2 Å². The summed E-state index contributed by atoms with van der Waals surface area (Å²) in [6.45, 7) is 0.487. The Morgan fingerprint density at radius 3 is 2.54 bits per heavy atom. The molecule has 0 fully saturated rings. The number of nitrogens with two attached hydrogens (primary N) is 1. The van der Waals surface area contributed by atoms with Gasteiger partial charge in [-0.25, -0.2) is 4.98 Å². The zero-order chi connectivity index (χ0) is 18.4. The van der Waals surface area contributed by atoms with Crippen molar-refractivity contribution < 1.29 is 19.2 Å². The summed E-state index contributed by atoms with van der Waals surface area (Å²) >= 11 is 1.31. The number of thiazole rings is 1. The Balaban J connectivity index is 0.00000338. The summed E-state index contributed by atoms with van der Waals surface area (Å²) in [4.78, 5) is 26.9. The molecule has 11 heteroatoms. The lowest BCUT2D eigenvalue weighted by Crippen LogP contribution is -2.26. The number of carbonyl (C=O) groups is 1. The number of methoxy groups -OCH3 is 2. The molecule has 2 aromatic rings. The topological polar surface area (TPSA) is 130 Å². The first kappa shape index (κ1) is 21.6. The van der Waals surface area contributed by atoms with E-state index < -0.39 is 4.92 Å². The van der Waals surface area contributed by atoms with E-state index in [0.717, 1.165) is 0 Å². The maximum Gasteiger partial charge on any atom is 0.276 e. The average molecular weight is 403 g/mol. The van der Waals surface area contributed by atoms with Gasteiger partial charge in [0.25, 0.3) is 11.6 Å². The van der Waals surface area contributed by atoms with Crippen molar-refractivity contribution in [3.8, 4) is 11.5 Å². The van der Waals surface area contributed by atoms with E-state index >= 15 is 0 Å². The number of aromatic nitrogens is 1. The Morgan fingerprint density at radius 1 is 1.35 bits per heavy atom. The summed E-state index contributed by atoms with van der Waals surface area (Å²) in [7, 11) is 2.86. The quantitative estimate of drug-likeness (QED) is 0.509. The van der Waals surface area contributed by atoms with Gasteiger partial charge in [0.2, 0.25) is 0 Å². The summed E-state index contributed by atoms with van der Waals surface area (Å²) in [6, 6.07) is 2.85. The van der Waals surface area contributed by atoms with Gasteiger partial charge in [0.1, 0.15) is 10.7 Å². The van der Waals surface area contributed by atoms with Gasteiger partial charge in [-0.05, 0) is 12.5 Å². The molecule has 26 heavy (non-hydrogen) atoms. The molecule has 9 nitrogen and oxygen atoms in total. The van der Waals surface area contributed by atoms with Crippen LogP contribution in [0.25, 0.3) is 0 Å². The standard InChI is InChI=1S/C15H18N4O5S.ClH/c1-23-12-5-9(11(19(21)22)6-13(12)24-2)3-4-17-15(20)10-8-25-14(7-16)18-10;/h5-6,8H,3-4,7,16H2,1-2H3,(H,17,20);1H. The van der Waals surface area contributed by atoms with Gasteiger partial charge < -0.3 is 20.5 Å². The predicted molar refractivity (Wildman–Crippen MR) is 99.5 cm³/mol. The molecule has 0 radical (unpaired) electrons. The Hall–Kier alpha value is -2.43. The van der Waals surface area contributed by atoms with Gasteiger partial charge in [-0.15, -0.1) is 23.7 Å². The fourth-order valence-corrected chi connectivity index (χ4v) is 2.85. The third kappa shape index (κ3) is 5.04. The van der Waals surface area contributed by atoms with Gasteiger partial charge in [0.05, 0.1) is 25.2 Å². The monoisotopic (exact) mass is 402 g/mol. The van der Waals surface area contributed by atoms with Gasteiger partial charge in [0.15, 0.2) is 11.5 Å². The molecule has 2 rings (SSSR count). The van der Waals surface area contributed by atoms with E-state index in [1.54, 1.807) is 11.4 Å². The summed E-state index contributed by atoms with van der Waals surface area (Å²) in [5.41, 5.74) is 6.09. The number of nitrogens with one attached hydrogen (secondary N) is 1. The third-order valence-electron chi connectivity index (χ3n) is 3.42. The zero-order valence-corrected chi connectivity index (χ0v) is 15.8. The number of nitro benzene ring substituents is 1. The third-order valence-corrected chi connectivity index (χ3v) is 4.29. The molecule has 142 valence electrons. The van der Waals surface area contributed by atoms with Crippen LogP contribution in [0, 0.1) is 10.1 Å². The summed E-state index contributed by atoms with van der Waals surface area (Å²) in [6.07, 6.45) is 0.260. The minimum atomic E-state index is -0.493.